The summed E-state index contributed by atoms with van der Waals surface area (Å²) >= 11 is 0. The first kappa shape index (κ1) is 19.4. The van der Waals surface area contributed by atoms with Gasteiger partial charge in [-0.3, -0.25) is 0 Å². The molecule has 0 aromatic carbocycles. The average molecular weight is 297 g/mol. The minimum absolute atomic E-state index is 0.0933. The van der Waals surface area contributed by atoms with Gasteiger partial charge in [-0.15, -0.1) is 0 Å². The number of aliphatic hydroxyl groups is 1. The summed E-state index contributed by atoms with van der Waals surface area (Å²) in [6.07, 6.45) is 8.14. The van der Waals surface area contributed by atoms with Crippen LogP contribution in [0.15, 0.2) is 35.5 Å². The Morgan fingerprint density at radius 2 is 1.70 bits per heavy atom. The van der Waals surface area contributed by atoms with Crippen molar-refractivity contribution in [2.75, 3.05) is 6.61 Å². The van der Waals surface area contributed by atoms with Crippen LogP contribution in [0, 0.1) is 0 Å². The molecule has 0 aromatic heterocycles. The van der Waals surface area contributed by atoms with E-state index >= 15 is 0 Å². The number of aliphatic hydroxyl groups excluding tert-OH is 1. The molecule has 0 bridgehead atoms. The Kier molecular flexibility index (Phi) is 9.81. The molecule has 1 atom stereocenters. The van der Waals surface area contributed by atoms with Gasteiger partial charge in [-0.05, 0) is 44.5 Å². The van der Waals surface area contributed by atoms with Crippen LogP contribution in [0.1, 0.15) is 41.5 Å². The van der Waals surface area contributed by atoms with Crippen LogP contribution in [-0.2, 0) is 4.43 Å². The molecule has 2 nitrogen and oxygen atoms in total. The average Bonchev–Trinajstić information content (AvgIpc) is 2.45. The van der Waals surface area contributed by atoms with Crippen LogP contribution in [0.3, 0.4) is 0 Å². The Hall–Kier alpha value is -0.643. The third-order valence-corrected chi connectivity index (χ3v) is 8.85. The fraction of sp³-hybridized carbons (Fsp3) is 0.647. The first-order valence-corrected chi connectivity index (χ1v) is 10.3. The Labute approximate surface area is 126 Å². The molecule has 20 heavy (non-hydrogen) atoms. The molecule has 0 radical (unpaired) electrons. The summed E-state index contributed by atoms with van der Waals surface area (Å²) in [6.45, 7) is 13.1. The molecule has 0 aliphatic rings. The Balaban J connectivity index is 4.69. The topological polar surface area (TPSA) is 29.5 Å². The van der Waals surface area contributed by atoms with Crippen LogP contribution >= 0.6 is 0 Å². The highest BCUT2D eigenvalue weighted by molar-refractivity contribution is 6.73. The lowest BCUT2D eigenvalue weighted by Crippen LogP contribution is -2.39. The van der Waals surface area contributed by atoms with Gasteiger partial charge in [-0.1, -0.05) is 50.6 Å². The van der Waals surface area contributed by atoms with Gasteiger partial charge in [0.2, 0.25) is 0 Å². The second kappa shape index (κ2) is 10.1. The minimum atomic E-state index is -1.53. The number of hydrogen-bond donors (Lipinski definition) is 1. The fourth-order valence-corrected chi connectivity index (χ4v) is 5.10. The monoisotopic (exact) mass is 296 g/mol. The fourth-order valence-electron chi connectivity index (χ4n) is 2.17. The van der Waals surface area contributed by atoms with Gasteiger partial charge < -0.3 is 9.53 Å². The van der Waals surface area contributed by atoms with Gasteiger partial charge in [0.25, 0.3) is 0 Å². The smallest absolute Gasteiger partial charge is 0.192 e. The van der Waals surface area contributed by atoms with Gasteiger partial charge in [0.15, 0.2) is 8.32 Å². The lowest BCUT2D eigenvalue weighted by Gasteiger charge is -2.32. The molecule has 0 saturated carbocycles. The molecular weight excluding hydrogens is 264 g/mol. The van der Waals surface area contributed by atoms with Gasteiger partial charge in [-0.25, -0.2) is 0 Å². The second-order valence-corrected chi connectivity index (χ2v) is 10.1. The maximum absolute atomic E-state index is 8.80. The van der Waals surface area contributed by atoms with E-state index in [4.69, 9.17) is 9.53 Å². The van der Waals surface area contributed by atoms with Crippen molar-refractivity contribution < 1.29 is 9.53 Å². The Morgan fingerprint density at radius 1 is 1.15 bits per heavy atom. The van der Waals surface area contributed by atoms with Crippen LogP contribution in [0.4, 0.5) is 0 Å². The van der Waals surface area contributed by atoms with Crippen LogP contribution in [-0.4, -0.2) is 26.1 Å². The van der Waals surface area contributed by atoms with E-state index in [1.807, 2.05) is 19.1 Å². The van der Waals surface area contributed by atoms with E-state index < -0.39 is 8.32 Å². The van der Waals surface area contributed by atoms with Crippen molar-refractivity contribution in [2.24, 2.45) is 0 Å². The normalized spacial score (nSPS) is 15.9. The van der Waals surface area contributed by atoms with E-state index in [1.54, 1.807) is 6.08 Å². The number of rotatable bonds is 9. The third-order valence-electron chi connectivity index (χ3n) is 4.13. The molecule has 0 aromatic rings. The molecule has 0 fully saturated rings. The van der Waals surface area contributed by atoms with E-state index in [2.05, 4.69) is 40.7 Å². The zero-order valence-corrected chi connectivity index (χ0v) is 15.1. The molecule has 1 N–H and O–H groups in total. The first-order valence-electron chi connectivity index (χ1n) is 7.75. The van der Waals surface area contributed by atoms with Gasteiger partial charge in [0.05, 0.1) is 12.7 Å². The summed E-state index contributed by atoms with van der Waals surface area (Å²) in [5, 5.41) is 8.80. The van der Waals surface area contributed by atoms with Crippen LogP contribution in [0.2, 0.25) is 18.1 Å². The van der Waals surface area contributed by atoms with Gasteiger partial charge in [-0.2, -0.15) is 0 Å². The third kappa shape index (κ3) is 6.68. The van der Waals surface area contributed by atoms with Crippen molar-refractivity contribution in [2.45, 2.75) is 65.8 Å². The summed E-state index contributed by atoms with van der Waals surface area (Å²) in [7, 11) is -1.53. The van der Waals surface area contributed by atoms with E-state index in [1.165, 1.54) is 23.7 Å². The predicted octanol–water partition coefficient (Wildman–Crippen LogP) is 4.84. The van der Waals surface area contributed by atoms with E-state index in [0.29, 0.717) is 0 Å². The summed E-state index contributed by atoms with van der Waals surface area (Å²) in [5.41, 5.74) is 2.33. The lowest BCUT2D eigenvalue weighted by molar-refractivity contribution is 0.240. The molecule has 0 aliphatic carbocycles. The molecule has 1 unspecified atom stereocenters. The van der Waals surface area contributed by atoms with E-state index in [0.717, 1.165) is 5.57 Å². The summed E-state index contributed by atoms with van der Waals surface area (Å²) in [5.74, 6) is 0. The Morgan fingerprint density at radius 3 is 2.15 bits per heavy atom. The maximum Gasteiger partial charge on any atom is 0.192 e. The van der Waals surface area contributed by atoms with E-state index in [9.17, 15) is 0 Å². The maximum atomic E-state index is 8.80. The quantitative estimate of drug-likeness (QED) is 0.487. The van der Waals surface area contributed by atoms with Gasteiger partial charge >= 0.3 is 0 Å². The minimum Gasteiger partial charge on any atom is -0.411 e. The molecule has 0 rings (SSSR count). The van der Waals surface area contributed by atoms with Crippen LogP contribution < -0.4 is 0 Å². The second-order valence-electron chi connectivity index (χ2n) is 5.40. The van der Waals surface area contributed by atoms with Gasteiger partial charge in [0, 0.05) is 0 Å². The summed E-state index contributed by atoms with van der Waals surface area (Å²) in [4.78, 5) is 0. The van der Waals surface area contributed by atoms with Crippen LogP contribution in [0.5, 0.6) is 0 Å². The van der Waals surface area contributed by atoms with Crippen molar-refractivity contribution in [3.63, 3.8) is 0 Å². The summed E-state index contributed by atoms with van der Waals surface area (Å²) < 4.78 is 6.43. The predicted molar refractivity (Wildman–Crippen MR) is 91.5 cm³/mol. The zero-order valence-electron chi connectivity index (χ0n) is 14.1. The highest BCUT2D eigenvalue weighted by Gasteiger charge is 2.30. The van der Waals surface area contributed by atoms with Crippen molar-refractivity contribution in [1.29, 1.82) is 0 Å². The molecule has 0 amide bonds. The largest absolute Gasteiger partial charge is 0.411 e. The van der Waals surface area contributed by atoms with Crippen molar-refractivity contribution in [3.8, 4) is 0 Å². The molecule has 0 spiro atoms. The zero-order chi connectivity index (χ0) is 15.6. The molecule has 0 saturated heterocycles. The Bertz CT molecular complexity index is 344. The van der Waals surface area contributed by atoms with Crippen molar-refractivity contribution in [1.82, 2.24) is 0 Å². The standard InChI is InChI=1S/C17H32O2Si/c1-7-20(8-2,9-3)19-17(6)16(5)12-10-11-15(4)13-14-18/h10-13,17-18H,7-9,14H2,1-6H3/b11-10+,15-13+,16-12+. The highest BCUT2D eigenvalue weighted by Crippen LogP contribution is 2.25. The molecular formula is C17H32O2Si. The van der Waals surface area contributed by atoms with Crippen molar-refractivity contribution >= 4 is 8.32 Å². The van der Waals surface area contributed by atoms with E-state index in [-0.39, 0.29) is 12.7 Å². The highest BCUT2D eigenvalue weighted by atomic mass is 28.4. The molecule has 0 heterocycles. The SMILES string of the molecule is CC[Si](CC)(CC)OC(C)/C(C)=C/C=C/C(C)=C/CO. The summed E-state index contributed by atoms with van der Waals surface area (Å²) in [6, 6.07) is 3.56. The van der Waals surface area contributed by atoms with Gasteiger partial charge in [0.1, 0.15) is 0 Å². The molecule has 0 aliphatic heterocycles. The first-order chi connectivity index (χ1) is 9.44. The molecule has 116 valence electrons. The lowest BCUT2D eigenvalue weighted by atomic mass is 10.1. The van der Waals surface area contributed by atoms with Crippen LogP contribution in [0.25, 0.3) is 0 Å². The molecule has 3 heteroatoms. The number of allylic oxidation sites excluding steroid dienone is 4. The number of hydrogen-bond acceptors (Lipinski definition) is 2. The van der Waals surface area contributed by atoms with Crippen molar-refractivity contribution in [3.05, 3.63) is 35.5 Å².